The third-order valence-corrected chi connectivity index (χ3v) is 4.58. The molecule has 0 saturated heterocycles. The number of hydrogen-bond acceptors (Lipinski definition) is 2. The van der Waals surface area contributed by atoms with E-state index >= 15 is 0 Å². The molecule has 0 radical (unpaired) electrons. The summed E-state index contributed by atoms with van der Waals surface area (Å²) in [5.41, 5.74) is 2.15. The van der Waals surface area contributed by atoms with Gasteiger partial charge in [-0.05, 0) is 42.6 Å². The molecule has 102 valence electrons. The first-order valence-electron chi connectivity index (χ1n) is 6.98. The number of unbranched alkanes of at least 4 members (excludes halogenated alkanes) is 1. The summed E-state index contributed by atoms with van der Waals surface area (Å²) in [6.45, 7) is 2.20. The molecule has 0 fully saturated rings. The topological polar surface area (TPSA) is 22.0 Å². The molecule has 0 saturated carbocycles. The second-order valence-corrected chi connectivity index (χ2v) is 5.88. The number of rotatable bonds is 4. The van der Waals surface area contributed by atoms with Gasteiger partial charge >= 0.3 is 0 Å². The molecule has 0 atom stereocenters. The number of nitrogens with zero attached hydrogens (tertiary/aromatic N) is 1. The highest BCUT2D eigenvalue weighted by atomic mass is 32.2. The van der Waals surface area contributed by atoms with Crippen molar-refractivity contribution in [3.63, 3.8) is 0 Å². The van der Waals surface area contributed by atoms with Gasteiger partial charge in [0.1, 0.15) is 0 Å². The van der Waals surface area contributed by atoms with Crippen LogP contribution < -0.4 is 5.43 Å². The lowest BCUT2D eigenvalue weighted by Crippen LogP contribution is -2.08. The Bertz CT molecular complexity index is 747. The van der Waals surface area contributed by atoms with E-state index in [1.165, 1.54) is 12.8 Å². The zero-order chi connectivity index (χ0) is 13.9. The van der Waals surface area contributed by atoms with Crippen LogP contribution in [0.5, 0.6) is 0 Å². The first-order chi connectivity index (χ1) is 9.83. The second kappa shape index (κ2) is 5.71. The van der Waals surface area contributed by atoms with Crippen LogP contribution in [0.4, 0.5) is 0 Å². The first-order valence-corrected chi connectivity index (χ1v) is 7.93. The quantitative estimate of drug-likeness (QED) is 0.521. The zero-order valence-corrected chi connectivity index (χ0v) is 12.3. The Morgan fingerprint density at radius 2 is 1.50 bits per heavy atom. The van der Waals surface area contributed by atoms with Crippen molar-refractivity contribution in [1.29, 1.82) is 0 Å². The Morgan fingerprint density at radius 3 is 2.05 bits per heavy atom. The van der Waals surface area contributed by atoms with E-state index in [2.05, 4.69) is 10.9 Å². The minimum atomic E-state index is 0.128. The molecular weight excluding hydrogens is 266 g/mol. The largest absolute Gasteiger partial charge is 0.288 e. The van der Waals surface area contributed by atoms with Gasteiger partial charge < -0.3 is 0 Å². The van der Waals surface area contributed by atoms with E-state index in [0.29, 0.717) is 0 Å². The Labute approximate surface area is 122 Å². The van der Waals surface area contributed by atoms with Crippen molar-refractivity contribution < 1.29 is 0 Å². The molecule has 0 spiro atoms. The van der Waals surface area contributed by atoms with Gasteiger partial charge in [-0.25, -0.2) is 0 Å². The van der Waals surface area contributed by atoms with Gasteiger partial charge in [-0.15, -0.1) is 0 Å². The summed E-state index contributed by atoms with van der Waals surface area (Å²) in [5.74, 6) is 1.06. The van der Waals surface area contributed by atoms with Gasteiger partial charge in [-0.1, -0.05) is 37.6 Å². The predicted molar refractivity (Wildman–Crippen MR) is 88.5 cm³/mol. The molecule has 3 aromatic rings. The van der Waals surface area contributed by atoms with E-state index in [0.717, 1.165) is 27.6 Å². The highest BCUT2D eigenvalue weighted by Gasteiger charge is 2.09. The van der Waals surface area contributed by atoms with Crippen molar-refractivity contribution in [2.75, 3.05) is 5.75 Å². The Kier molecular flexibility index (Phi) is 3.79. The molecule has 0 aliphatic rings. The SMILES string of the molecule is CCCCSn1c2ccccc2c(=O)c2ccccc21. The fourth-order valence-electron chi connectivity index (χ4n) is 2.40. The number of pyridine rings is 1. The van der Waals surface area contributed by atoms with E-state index in [1.54, 1.807) is 11.9 Å². The number of fused-ring (bicyclic) bond motifs is 2. The van der Waals surface area contributed by atoms with Crippen LogP contribution in [0.2, 0.25) is 0 Å². The molecule has 0 bridgehead atoms. The maximum Gasteiger partial charge on any atom is 0.197 e. The van der Waals surface area contributed by atoms with E-state index in [-0.39, 0.29) is 5.43 Å². The van der Waals surface area contributed by atoms with Crippen molar-refractivity contribution >= 4 is 33.8 Å². The lowest BCUT2D eigenvalue weighted by molar-refractivity contribution is 0.895. The molecule has 0 N–H and O–H groups in total. The maximum absolute atomic E-state index is 12.5. The first kappa shape index (κ1) is 13.3. The van der Waals surface area contributed by atoms with Crippen LogP contribution in [-0.2, 0) is 0 Å². The van der Waals surface area contributed by atoms with Gasteiger partial charge in [0.2, 0.25) is 0 Å². The molecule has 0 amide bonds. The monoisotopic (exact) mass is 283 g/mol. The van der Waals surface area contributed by atoms with Crippen LogP contribution >= 0.6 is 11.9 Å². The van der Waals surface area contributed by atoms with Crippen LogP contribution in [0.25, 0.3) is 21.8 Å². The minimum Gasteiger partial charge on any atom is -0.288 e. The molecule has 0 aliphatic carbocycles. The van der Waals surface area contributed by atoms with E-state index < -0.39 is 0 Å². The van der Waals surface area contributed by atoms with Crippen LogP contribution in [0.1, 0.15) is 19.8 Å². The van der Waals surface area contributed by atoms with Crippen LogP contribution in [-0.4, -0.2) is 9.73 Å². The summed E-state index contributed by atoms with van der Waals surface area (Å²) in [7, 11) is 0. The zero-order valence-electron chi connectivity index (χ0n) is 11.5. The normalized spacial score (nSPS) is 11.2. The highest BCUT2D eigenvalue weighted by Crippen LogP contribution is 2.24. The molecule has 1 aromatic heterocycles. The van der Waals surface area contributed by atoms with E-state index in [4.69, 9.17) is 0 Å². The van der Waals surface area contributed by atoms with Crippen LogP contribution in [0, 0.1) is 0 Å². The van der Waals surface area contributed by atoms with Crippen molar-refractivity contribution in [3.05, 3.63) is 58.8 Å². The number of aromatic nitrogens is 1. The van der Waals surface area contributed by atoms with Crippen molar-refractivity contribution in [1.82, 2.24) is 3.97 Å². The third-order valence-electron chi connectivity index (χ3n) is 3.45. The predicted octanol–water partition coefficient (Wildman–Crippen LogP) is 4.45. The van der Waals surface area contributed by atoms with Gasteiger partial charge in [-0.2, -0.15) is 0 Å². The molecule has 3 rings (SSSR count). The highest BCUT2D eigenvalue weighted by molar-refractivity contribution is 7.98. The van der Waals surface area contributed by atoms with Crippen molar-refractivity contribution in [2.24, 2.45) is 0 Å². The summed E-state index contributed by atoms with van der Waals surface area (Å²) in [5, 5.41) is 1.60. The summed E-state index contributed by atoms with van der Waals surface area (Å²) in [6.07, 6.45) is 2.36. The average molecular weight is 283 g/mol. The van der Waals surface area contributed by atoms with Gasteiger partial charge in [0.05, 0.1) is 11.0 Å². The van der Waals surface area contributed by atoms with Gasteiger partial charge in [-0.3, -0.25) is 8.77 Å². The second-order valence-electron chi connectivity index (χ2n) is 4.84. The lowest BCUT2D eigenvalue weighted by atomic mass is 10.1. The van der Waals surface area contributed by atoms with Gasteiger partial charge in [0.15, 0.2) is 5.43 Å². The number of hydrogen-bond donors (Lipinski definition) is 0. The Hall–Kier alpha value is -1.74. The van der Waals surface area contributed by atoms with E-state index in [9.17, 15) is 4.79 Å². The number of benzene rings is 2. The molecule has 3 heteroatoms. The fraction of sp³-hybridized carbons (Fsp3) is 0.235. The standard InChI is InChI=1S/C17H17NOS/c1-2-3-12-20-18-15-10-6-4-8-13(15)17(19)14-9-5-7-11-16(14)18/h4-11H,2-3,12H2,1H3. The smallest absolute Gasteiger partial charge is 0.197 e. The summed E-state index contributed by atoms with van der Waals surface area (Å²) in [6, 6.07) is 15.7. The molecule has 0 unspecified atom stereocenters. The molecule has 2 nitrogen and oxygen atoms in total. The summed E-state index contributed by atoms with van der Waals surface area (Å²) >= 11 is 1.79. The molecule has 20 heavy (non-hydrogen) atoms. The summed E-state index contributed by atoms with van der Waals surface area (Å²) < 4.78 is 2.21. The van der Waals surface area contributed by atoms with Crippen molar-refractivity contribution in [3.8, 4) is 0 Å². The molecule has 0 aliphatic heterocycles. The maximum atomic E-state index is 12.5. The molecule has 1 heterocycles. The Morgan fingerprint density at radius 1 is 0.950 bits per heavy atom. The van der Waals surface area contributed by atoms with E-state index in [1.807, 2.05) is 48.5 Å². The van der Waals surface area contributed by atoms with Crippen LogP contribution in [0.15, 0.2) is 53.3 Å². The molecule has 2 aromatic carbocycles. The average Bonchev–Trinajstić information content (AvgIpc) is 2.51. The summed E-state index contributed by atoms with van der Waals surface area (Å²) in [4.78, 5) is 12.5. The molecular formula is C17H17NOS. The third kappa shape index (κ3) is 2.22. The Balaban J connectivity index is 2.31. The van der Waals surface area contributed by atoms with Crippen LogP contribution in [0.3, 0.4) is 0 Å². The van der Waals surface area contributed by atoms with Crippen molar-refractivity contribution in [2.45, 2.75) is 19.8 Å². The lowest BCUT2D eigenvalue weighted by Gasteiger charge is -2.13. The number of para-hydroxylation sites is 2. The fourth-order valence-corrected chi connectivity index (χ4v) is 3.60. The van der Waals surface area contributed by atoms with Gasteiger partial charge in [0, 0.05) is 16.5 Å². The minimum absolute atomic E-state index is 0.128. The van der Waals surface area contributed by atoms with Gasteiger partial charge in [0.25, 0.3) is 0 Å².